The summed E-state index contributed by atoms with van der Waals surface area (Å²) in [6.07, 6.45) is 3.47. The summed E-state index contributed by atoms with van der Waals surface area (Å²) in [7, 11) is 0. The largest absolute Gasteiger partial charge is 0.338 e. The van der Waals surface area contributed by atoms with E-state index in [9.17, 15) is 0 Å². The minimum absolute atomic E-state index is 0.592. The molecule has 0 unspecified atom stereocenters. The summed E-state index contributed by atoms with van der Waals surface area (Å²) in [5.74, 6) is 1.24. The highest BCUT2D eigenvalue weighted by Crippen LogP contribution is 2.16. The molecule has 1 fully saturated rings. The minimum Gasteiger partial charge on any atom is -0.338 e. The molecule has 3 heterocycles. The number of hydrogen-bond donors (Lipinski definition) is 0. The van der Waals surface area contributed by atoms with Gasteiger partial charge in [0.25, 0.3) is 0 Å². The van der Waals surface area contributed by atoms with Crippen molar-refractivity contribution in [1.29, 1.82) is 0 Å². The van der Waals surface area contributed by atoms with Crippen LogP contribution in [0.1, 0.15) is 11.5 Å². The molecule has 2 aromatic heterocycles. The van der Waals surface area contributed by atoms with Crippen molar-refractivity contribution < 1.29 is 4.52 Å². The zero-order valence-corrected chi connectivity index (χ0v) is 15.1. The van der Waals surface area contributed by atoms with Crippen LogP contribution in [0.4, 0.5) is 0 Å². The van der Waals surface area contributed by atoms with Gasteiger partial charge in [0.1, 0.15) is 0 Å². The van der Waals surface area contributed by atoms with Gasteiger partial charge in [0.2, 0.25) is 11.7 Å². The fourth-order valence-electron chi connectivity index (χ4n) is 3.08. The Morgan fingerprint density at radius 2 is 1.69 bits per heavy atom. The van der Waals surface area contributed by atoms with Crippen LogP contribution in [0.5, 0.6) is 0 Å². The maximum Gasteiger partial charge on any atom is 0.241 e. The lowest BCUT2D eigenvalue weighted by Gasteiger charge is -2.33. The SMILES string of the molecule is Clc1ccc(CN2CCN(Cc3nc(-c4cccnc4)no3)CC2)cc1. The fraction of sp³-hybridized carbons (Fsp3) is 0.316. The molecule has 6 nitrogen and oxygen atoms in total. The van der Waals surface area contributed by atoms with Crippen LogP contribution in [-0.4, -0.2) is 51.1 Å². The Balaban J connectivity index is 1.29. The molecule has 7 heteroatoms. The number of benzene rings is 1. The van der Waals surface area contributed by atoms with Crippen LogP contribution >= 0.6 is 11.6 Å². The van der Waals surface area contributed by atoms with E-state index in [0.717, 1.165) is 43.3 Å². The maximum absolute atomic E-state index is 5.95. The van der Waals surface area contributed by atoms with E-state index in [2.05, 4.69) is 37.1 Å². The molecule has 26 heavy (non-hydrogen) atoms. The van der Waals surface area contributed by atoms with E-state index < -0.39 is 0 Å². The van der Waals surface area contributed by atoms with E-state index in [1.807, 2.05) is 24.3 Å². The smallest absolute Gasteiger partial charge is 0.241 e. The van der Waals surface area contributed by atoms with Gasteiger partial charge in [-0.15, -0.1) is 0 Å². The molecule has 0 N–H and O–H groups in total. The molecule has 1 aliphatic rings. The van der Waals surface area contributed by atoms with Gasteiger partial charge in [0.15, 0.2) is 0 Å². The summed E-state index contributed by atoms with van der Waals surface area (Å²) < 4.78 is 5.40. The van der Waals surface area contributed by atoms with Crippen LogP contribution in [0.15, 0.2) is 53.3 Å². The van der Waals surface area contributed by atoms with E-state index in [-0.39, 0.29) is 0 Å². The molecule has 0 radical (unpaired) electrons. The van der Waals surface area contributed by atoms with Crippen molar-refractivity contribution >= 4 is 11.6 Å². The van der Waals surface area contributed by atoms with Crippen molar-refractivity contribution in [3.8, 4) is 11.4 Å². The van der Waals surface area contributed by atoms with Crippen LogP contribution in [0.2, 0.25) is 5.02 Å². The van der Waals surface area contributed by atoms with E-state index in [0.29, 0.717) is 18.3 Å². The first kappa shape index (κ1) is 17.1. The highest BCUT2D eigenvalue weighted by Gasteiger charge is 2.19. The molecule has 0 amide bonds. The van der Waals surface area contributed by atoms with Gasteiger partial charge in [0.05, 0.1) is 6.54 Å². The van der Waals surface area contributed by atoms with Crippen LogP contribution < -0.4 is 0 Å². The highest BCUT2D eigenvalue weighted by molar-refractivity contribution is 6.30. The second-order valence-corrected chi connectivity index (χ2v) is 6.87. The molecule has 0 spiro atoms. The molecule has 3 aromatic rings. The predicted octanol–water partition coefficient (Wildman–Crippen LogP) is 3.10. The molecule has 1 aromatic carbocycles. The average Bonchev–Trinajstić information content (AvgIpc) is 3.14. The monoisotopic (exact) mass is 369 g/mol. The number of pyridine rings is 1. The summed E-state index contributed by atoms with van der Waals surface area (Å²) in [6.45, 7) is 5.65. The topological polar surface area (TPSA) is 58.3 Å². The Labute approximate surface area is 157 Å². The fourth-order valence-corrected chi connectivity index (χ4v) is 3.20. The summed E-state index contributed by atoms with van der Waals surface area (Å²) >= 11 is 5.95. The number of rotatable bonds is 5. The molecule has 4 rings (SSSR count). The molecule has 1 aliphatic heterocycles. The van der Waals surface area contributed by atoms with E-state index in [1.165, 1.54) is 5.56 Å². The summed E-state index contributed by atoms with van der Waals surface area (Å²) in [5, 5.41) is 4.84. The van der Waals surface area contributed by atoms with Gasteiger partial charge in [-0.05, 0) is 29.8 Å². The average molecular weight is 370 g/mol. The zero-order chi connectivity index (χ0) is 17.8. The lowest BCUT2D eigenvalue weighted by molar-refractivity contribution is 0.112. The normalized spacial score (nSPS) is 16.0. The first-order chi connectivity index (χ1) is 12.8. The van der Waals surface area contributed by atoms with Crippen molar-refractivity contribution in [3.05, 3.63) is 65.3 Å². The molecule has 0 atom stereocenters. The third kappa shape index (κ3) is 4.27. The van der Waals surface area contributed by atoms with Crippen LogP contribution in [0.3, 0.4) is 0 Å². The zero-order valence-electron chi connectivity index (χ0n) is 14.4. The number of aromatic nitrogens is 3. The number of halogens is 1. The Morgan fingerprint density at radius 1 is 0.962 bits per heavy atom. The first-order valence-electron chi connectivity index (χ1n) is 8.68. The third-order valence-electron chi connectivity index (χ3n) is 4.53. The van der Waals surface area contributed by atoms with E-state index >= 15 is 0 Å². The second kappa shape index (κ2) is 7.95. The lowest BCUT2D eigenvalue weighted by Crippen LogP contribution is -2.45. The lowest BCUT2D eigenvalue weighted by atomic mass is 10.2. The van der Waals surface area contributed by atoms with Gasteiger partial charge < -0.3 is 4.52 Å². The van der Waals surface area contributed by atoms with Gasteiger partial charge in [-0.25, -0.2) is 0 Å². The second-order valence-electron chi connectivity index (χ2n) is 6.43. The molecule has 0 aliphatic carbocycles. The van der Waals surface area contributed by atoms with Gasteiger partial charge in [-0.2, -0.15) is 4.98 Å². The Morgan fingerprint density at radius 3 is 2.38 bits per heavy atom. The third-order valence-corrected chi connectivity index (χ3v) is 4.78. The maximum atomic E-state index is 5.95. The Bertz CT molecular complexity index is 829. The van der Waals surface area contributed by atoms with Crippen molar-refractivity contribution in [1.82, 2.24) is 24.9 Å². The molecule has 1 saturated heterocycles. The number of hydrogen-bond acceptors (Lipinski definition) is 6. The van der Waals surface area contributed by atoms with Gasteiger partial charge in [0, 0.05) is 55.7 Å². The summed E-state index contributed by atoms with van der Waals surface area (Å²) in [4.78, 5) is 13.4. The van der Waals surface area contributed by atoms with Crippen molar-refractivity contribution in [2.24, 2.45) is 0 Å². The quantitative estimate of drug-likeness (QED) is 0.688. The van der Waals surface area contributed by atoms with Gasteiger partial charge in [-0.1, -0.05) is 28.9 Å². The van der Waals surface area contributed by atoms with Crippen LogP contribution in [0.25, 0.3) is 11.4 Å². The highest BCUT2D eigenvalue weighted by atomic mass is 35.5. The molecule has 134 valence electrons. The van der Waals surface area contributed by atoms with Crippen LogP contribution in [0, 0.1) is 0 Å². The van der Waals surface area contributed by atoms with Crippen molar-refractivity contribution in [3.63, 3.8) is 0 Å². The molecular weight excluding hydrogens is 350 g/mol. The molecule has 0 bridgehead atoms. The van der Waals surface area contributed by atoms with Crippen molar-refractivity contribution in [2.75, 3.05) is 26.2 Å². The summed E-state index contributed by atoms with van der Waals surface area (Å²) in [5.41, 5.74) is 2.16. The Hall–Kier alpha value is -2.28. The molecule has 0 saturated carbocycles. The van der Waals surface area contributed by atoms with Gasteiger partial charge in [-0.3, -0.25) is 14.8 Å². The first-order valence-corrected chi connectivity index (χ1v) is 9.06. The Kier molecular flexibility index (Phi) is 5.24. The van der Waals surface area contributed by atoms with Gasteiger partial charge >= 0.3 is 0 Å². The van der Waals surface area contributed by atoms with E-state index in [1.54, 1.807) is 12.4 Å². The van der Waals surface area contributed by atoms with Crippen molar-refractivity contribution in [2.45, 2.75) is 13.1 Å². The standard InChI is InChI=1S/C19H20ClN5O/c20-17-5-3-15(4-6-17)13-24-8-10-25(11-9-24)14-18-22-19(23-26-18)16-2-1-7-21-12-16/h1-7,12H,8-11,13-14H2. The van der Waals surface area contributed by atoms with Crippen LogP contribution in [-0.2, 0) is 13.1 Å². The predicted molar refractivity (Wildman–Crippen MR) is 99.5 cm³/mol. The molecular formula is C19H20ClN5O. The minimum atomic E-state index is 0.592. The number of piperazine rings is 1. The summed E-state index contributed by atoms with van der Waals surface area (Å²) in [6, 6.07) is 11.9. The number of nitrogens with zero attached hydrogens (tertiary/aromatic N) is 5. The van der Waals surface area contributed by atoms with E-state index in [4.69, 9.17) is 16.1 Å².